The second-order valence-corrected chi connectivity index (χ2v) is 6.22. The molecule has 0 aromatic heterocycles. The van der Waals surface area contributed by atoms with E-state index in [0.29, 0.717) is 29.5 Å². The summed E-state index contributed by atoms with van der Waals surface area (Å²) in [5.74, 6) is 0.870. The number of carbonyl (C=O) groups excluding carboxylic acids is 1. The molecule has 0 heterocycles. The Bertz CT molecular complexity index is 645. The molecule has 0 saturated heterocycles. The lowest BCUT2D eigenvalue weighted by molar-refractivity contribution is -0.134. The van der Waals surface area contributed by atoms with Gasteiger partial charge in [0.2, 0.25) is 0 Å². The summed E-state index contributed by atoms with van der Waals surface area (Å²) in [5, 5.41) is 0.641. The van der Waals surface area contributed by atoms with Crippen LogP contribution in [0.5, 0.6) is 5.75 Å². The first kappa shape index (κ1) is 16.6. The molecule has 0 N–H and O–H groups in total. The Balaban J connectivity index is 1.89. The van der Waals surface area contributed by atoms with Crippen LogP contribution in [0.2, 0.25) is 5.02 Å². The normalized spacial score (nSPS) is 10.8. The van der Waals surface area contributed by atoms with Gasteiger partial charge in [-0.3, -0.25) is 4.79 Å². The van der Waals surface area contributed by atoms with Gasteiger partial charge in [-0.1, -0.05) is 49.7 Å². The van der Waals surface area contributed by atoms with Crippen molar-refractivity contribution in [2.45, 2.75) is 39.5 Å². The van der Waals surface area contributed by atoms with Crippen LogP contribution < -0.4 is 4.74 Å². The molecular weight excluding hydrogens is 296 g/mol. The number of esters is 1. The van der Waals surface area contributed by atoms with Crippen LogP contribution in [-0.2, 0) is 11.2 Å². The molecule has 0 radical (unpaired) electrons. The Morgan fingerprint density at radius 1 is 1.14 bits per heavy atom. The van der Waals surface area contributed by atoms with Crippen LogP contribution in [0, 0.1) is 6.92 Å². The van der Waals surface area contributed by atoms with Gasteiger partial charge in [0, 0.05) is 11.4 Å². The van der Waals surface area contributed by atoms with Gasteiger partial charge in [-0.25, -0.2) is 0 Å². The van der Waals surface area contributed by atoms with Gasteiger partial charge in [-0.05, 0) is 54.2 Å². The lowest BCUT2D eigenvalue weighted by Gasteiger charge is -2.09. The van der Waals surface area contributed by atoms with Crippen molar-refractivity contribution >= 4 is 17.6 Å². The average molecular weight is 317 g/mol. The Morgan fingerprint density at radius 3 is 2.41 bits per heavy atom. The number of halogens is 1. The van der Waals surface area contributed by atoms with Gasteiger partial charge in [0.1, 0.15) is 5.75 Å². The zero-order valence-corrected chi connectivity index (χ0v) is 14.0. The van der Waals surface area contributed by atoms with Crippen LogP contribution in [0.3, 0.4) is 0 Å². The Hall–Kier alpha value is -1.80. The third-order valence-corrected chi connectivity index (χ3v) is 3.86. The highest BCUT2D eigenvalue weighted by Gasteiger charge is 2.08. The highest BCUT2D eigenvalue weighted by atomic mass is 35.5. The number of rotatable bonds is 5. The van der Waals surface area contributed by atoms with Crippen molar-refractivity contribution < 1.29 is 9.53 Å². The molecule has 0 aliphatic heterocycles. The minimum absolute atomic E-state index is 0.224. The van der Waals surface area contributed by atoms with Crippen LogP contribution in [0.4, 0.5) is 0 Å². The average Bonchev–Trinajstić information content (AvgIpc) is 2.48. The summed E-state index contributed by atoms with van der Waals surface area (Å²) >= 11 is 5.89. The fraction of sp³-hybridized carbons (Fsp3) is 0.316. The van der Waals surface area contributed by atoms with Crippen LogP contribution >= 0.6 is 11.6 Å². The number of aryl methyl sites for hydroxylation is 2. The van der Waals surface area contributed by atoms with E-state index in [2.05, 4.69) is 38.1 Å². The number of hydrogen-bond donors (Lipinski definition) is 0. The highest BCUT2D eigenvalue weighted by Crippen LogP contribution is 2.22. The second-order valence-electron chi connectivity index (χ2n) is 5.78. The van der Waals surface area contributed by atoms with Crippen molar-refractivity contribution in [1.29, 1.82) is 0 Å². The Labute approximate surface area is 137 Å². The van der Waals surface area contributed by atoms with Gasteiger partial charge < -0.3 is 4.74 Å². The predicted octanol–water partition coefficient (Wildman–Crippen LogP) is 5.31. The topological polar surface area (TPSA) is 26.3 Å². The molecule has 0 bridgehead atoms. The standard InChI is InChI=1S/C19H21ClO2/c1-13(2)16-7-4-15(5-8-16)6-11-19(21)22-18-10-9-17(20)12-14(18)3/h4-5,7-10,12-13H,6,11H2,1-3H3. The molecule has 2 aromatic rings. The van der Waals surface area contributed by atoms with Crippen LogP contribution in [0.15, 0.2) is 42.5 Å². The number of hydrogen-bond acceptors (Lipinski definition) is 2. The monoisotopic (exact) mass is 316 g/mol. The minimum Gasteiger partial charge on any atom is -0.426 e. The molecule has 0 aliphatic carbocycles. The van der Waals surface area contributed by atoms with E-state index < -0.39 is 0 Å². The largest absolute Gasteiger partial charge is 0.426 e. The van der Waals surface area contributed by atoms with Crippen molar-refractivity contribution in [3.63, 3.8) is 0 Å². The summed E-state index contributed by atoms with van der Waals surface area (Å²) in [5.41, 5.74) is 3.32. The molecular formula is C19H21ClO2. The summed E-state index contributed by atoms with van der Waals surface area (Å²) in [6.07, 6.45) is 1.05. The first-order valence-corrected chi connectivity index (χ1v) is 7.89. The van der Waals surface area contributed by atoms with Crippen molar-refractivity contribution in [3.8, 4) is 5.75 Å². The molecule has 0 amide bonds. The van der Waals surface area contributed by atoms with Crippen LogP contribution in [0.25, 0.3) is 0 Å². The van der Waals surface area contributed by atoms with Gasteiger partial charge in [-0.15, -0.1) is 0 Å². The van der Waals surface area contributed by atoms with E-state index in [9.17, 15) is 4.79 Å². The van der Waals surface area contributed by atoms with Crippen molar-refractivity contribution in [2.24, 2.45) is 0 Å². The summed E-state index contributed by atoms with van der Waals surface area (Å²) in [4.78, 5) is 11.9. The molecule has 0 unspecified atom stereocenters. The maximum atomic E-state index is 11.9. The highest BCUT2D eigenvalue weighted by molar-refractivity contribution is 6.30. The first-order valence-electron chi connectivity index (χ1n) is 7.51. The summed E-state index contributed by atoms with van der Waals surface area (Å²) in [6, 6.07) is 13.6. The summed E-state index contributed by atoms with van der Waals surface area (Å²) in [6.45, 7) is 6.21. The van der Waals surface area contributed by atoms with Gasteiger partial charge in [0.05, 0.1) is 0 Å². The summed E-state index contributed by atoms with van der Waals surface area (Å²) in [7, 11) is 0. The van der Waals surface area contributed by atoms with Crippen molar-refractivity contribution in [2.75, 3.05) is 0 Å². The third-order valence-electron chi connectivity index (χ3n) is 3.62. The molecule has 22 heavy (non-hydrogen) atoms. The number of benzene rings is 2. The summed E-state index contributed by atoms with van der Waals surface area (Å²) < 4.78 is 5.39. The number of ether oxygens (including phenoxy) is 1. The van der Waals surface area contributed by atoms with Crippen LogP contribution in [0.1, 0.15) is 42.9 Å². The van der Waals surface area contributed by atoms with Crippen molar-refractivity contribution in [1.82, 2.24) is 0 Å². The molecule has 2 rings (SSSR count). The molecule has 2 aromatic carbocycles. The SMILES string of the molecule is Cc1cc(Cl)ccc1OC(=O)CCc1ccc(C(C)C)cc1. The molecule has 2 nitrogen and oxygen atoms in total. The third kappa shape index (κ3) is 4.60. The van der Waals surface area contributed by atoms with E-state index in [1.165, 1.54) is 5.56 Å². The molecule has 0 aliphatic rings. The van der Waals surface area contributed by atoms with Crippen LogP contribution in [-0.4, -0.2) is 5.97 Å². The molecule has 116 valence electrons. The van der Waals surface area contributed by atoms with Crippen molar-refractivity contribution in [3.05, 3.63) is 64.2 Å². The Morgan fingerprint density at radius 2 is 1.82 bits per heavy atom. The lowest BCUT2D eigenvalue weighted by atomic mass is 10.0. The molecule has 0 spiro atoms. The smallest absolute Gasteiger partial charge is 0.311 e. The molecule has 3 heteroatoms. The second kappa shape index (κ2) is 7.46. The van der Waals surface area contributed by atoms with E-state index >= 15 is 0 Å². The van der Waals surface area contributed by atoms with Gasteiger partial charge in [0.15, 0.2) is 0 Å². The number of carbonyl (C=O) groups is 1. The van der Waals surface area contributed by atoms with Gasteiger partial charge >= 0.3 is 5.97 Å². The van der Waals surface area contributed by atoms with E-state index in [1.807, 2.05) is 6.92 Å². The minimum atomic E-state index is -0.224. The zero-order valence-electron chi connectivity index (χ0n) is 13.2. The maximum Gasteiger partial charge on any atom is 0.311 e. The molecule has 0 fully saturated rings. The predicted molar refractivity (Wildman–Crippen MR) is 90.7 cm³/mol. The molecule has 0 saturated carbocycles. The molecule has 0 atom stereocenters. The lowest BCUT2D eigenvalue weighted by Crippen LogP contribution is -2.09. The fourth-order valence-corrected chi connectivity index (χ4v) is 2.44. The van der Waals surface area contributed by atoms with E-state index in [4.69, 9.17) is 16.3 Å². The van der Waals surface area contributed by atoms with E-state index in [-0.39, 0.29) is 5.97 Å². The zero-order chi connectivity index (χ0) is 16.1. The van der Waals surface area contributed by atoms with E-state index in [1.54, 1.807) is 18.2 Å². The van der Waals surface area contributed by atoms with Gasteiger partial charge in [-0.2, -0.15) is 0 Å². The fourth-order valence-electron chi connectivity index (χ4n) is 2.22. The maximum absolute atomic E-state index is 11.9. The quantitative estimate of drug-likeness (QED) is 0.552. The first-order chi connectivity index (χ1) is 10.5. The Kier molecular flexibility index (Phi) is 5.62. The van der Waals surface area contributed by atoms with Gasteiger partial charge in [0.25, 0.3) is 0 Å². The van der Waals surface area contributed by atoms with E-state index in [0.717, 1.165) is 11.1 Å².